The molecule has 0 fully saturated rings. The molecule has 0 atom stereocenters. The molecule has 3 rings (SSSR count). The van der Waals surface area contributed by atoms with Crippen LogP contribution >= 0.6 is 0 Å². The van der Waals surface area contributed by atoms with Crippen LogP contribution in [0.3, 0.4) is 0 Å². The minimum Gasteiger partial charge on any atom is -0.480 e. The molecule has 1 aromatic carbocycles. The van der Waals surface area contributed by atoms with E-state index in [0.717, 1.165) is 0 Å². The van der Waals surface area contributed by atoms with Crippen molar-refractivity contribution in [3.63, 3.8) is 0 Å². The maximum atomic E-state index is 12.1. The number of nitrogens with zero attached hydrogens (tertiary/aromatic N) is 2. The molecule has 3 aromatic rings. The lowest BCUT2D eigenvalue weighted by molar-refractivity contribution is -0.204. The van der Waals surface area contributed by atoms with Gasteiger partial charge in [0.1, 0.15) is 5.52 Å². The number of pyridine rings is 1. The molecule has 1 amide bonds. The van der Waals surface area contributed by atoms with Crippen LogP contribution in [0.25, 0.3) is 22.6 Å². The van der Waals surface area contributed by atoms with Crippen LogP contribution in [-0.4, -0.2) is 35.1 Å². The van der Waals surface area contributed by atoms with Crippen LogP contribution in [0.5, 0.6) is 5.88 Å². The Labute approximate surface area is 148 Å². The van der Waals surface area contributed by atoms with E-state index in [1.165, 1.54) is 37.0 Å². The van der Waals surface area contributed by atoms with E-state index in [4.69, 9.17) is 9.15 Å². The summed E-state index contributed by atoms with van der Waals surface area (Å²) >= 11 is 0. The molecule has 0 saturated heterocycles. The number of nitrogens with one attached hydrogen (secondary N) is 1. The van der Waals surface area contributed by atoms with Crippen molar-refractivity contribution in [3.8, 4) is 17.3 Å². The van der Waals surface area contributed by atoms with Crippen molar-refractivity contribution in [1.82, 2.24) is 15.4 Å². The highest BCUT2D eigenvalue weighted by molar-refractivity contribution is 5.97. The van der Waals surface area contributed by atoms with E-state index in [-0.39, 0.29) is 22.9 Å². The number of halogens is 3. The van der Waals surface area contributed by atoms with Gasteiger partial charge in [0.15, 0.2) is 5.58 Å². The molecule has 0 aliphatic carbocycles. The van der Waals surface area contributed by atoms with Crippen molar-refractivity contribution in [2.24, 2.45) is 0 Å². The molecule has 0 spiro atoms. The summed E-state index contributed by atoms with van der Waals surface area (Å²) in [4.78, 5) is 34.4. The SMILES string of the molecule is COc1ncccc1-c1nc2cc(C(=O)NOC(=O)C(F)(F)F)ccc2o1. The standard InChI is InChI=1S/C16H10F3N3O5/c1-25-13-9(3-2-6-20-13)14-21-10-7-8(4-5-11(10)26-14)12(23)22-27-15(24)16(17,18)19/h2-7H,1H3,(H,22,23). The second-order valence-electron chi connectivity index (χ2n) is 5.08. The van der Waals surface area contributed by atoms with Gasteiger partial charge in [0.2, 0.25) is 11.8 Å². The van der Waals surface area contributed by atoms with Gasteiger partial charge in [-0.25, -0.2) is 14.8 Å². The van der Waals surface area contributed by atoms with Gasteiger partial charge in [0.05, 0.1) is 12.7 Å². The number of hydrogen-bond acceptors (Lipinski definition) is 7. The Morgan fingerprint density at radius 2 is 2.00 bits per heavy atom. The molecule has 0 aliphatic rings. The number of fused-ring (bicyclic) bond motifs is 1. The van der Waals surface area contributed by atoms with Crippen molar-refractivity contribution in [3.05, 3.63) is 42.1 Å². The van der Waals surface area contributed by atoms with Gasteiger partial charge in [-0.2, -0.15) is 18.7 Å². The van der Waals surface area contributed by atoms with E-state index in [1.807, 2.05) is 0 Å². The van der Waals surface area contributed by atoms with Crippen LogP contribution in [0.2, 0.25) is 0 Å². The predicted octanol–water partition coefficient (Wildman–Crippen LogP) is 2.65. The zero-order valence-electron chi connectivity index (χ0n) is 13.5. The summed E-state index contributed by atoms with van der Waals surface area (Å²) in [5, 5.41) is 0. The fraction of sp³-hybridized carbons (Fsp3) is 0.125. The normalized spacial score (nSPS) is 11.3. The third-order valence-electron chi connectivity index (χ3n) is 3.31. The lowest BCUT2D eigenvalue weighted by Crippen LogP contribution is -2.34. The van der Waals surface area contributed by atoms with Gasteiger partial charge in [-0.1, -0.05) is 0 Å². The highest BCUT2D eigenvalue weighted by Gasteiger charge is 2.42. The third kappa shape index (κ3) is 3.81. The zero-order valence-corrected chi connectivity index (χ0v) is 13.5. The highest BCUT2D eigenvalue weighted by Crippen LogP contribution is 2.30. The number of hydroxylamine groups is 1. The number of aromatic nitrogens is 2. The Morgan fingerprint density at radius 1 is 1.22 bits per heavy atom. The number of alkyl halides is 3. The second-order valence-corrected chi connectivity index (χ2v) is 5.08. The smallest absolute Gasteiger partial charge is 0.480 e. The van der Waals surface area contributed by atoms with Crippen LogP contribution in [0.4, 0.5) is 13.2 Å². The van der Waals surface area contributed by atoms with Gasteiger partial charge in [0, 0.05) is 11.8 Å². The molecule has 1 N–H and O–H groups in total. The molecular weight excluding hydrogens is 371 g/mol. The summed E-state index contributed by atoms with van der Waals surface area (Å²) in [6.45, 7) is 0. The van der Waals surface area contributed by atoms with Crippen LogP contribution in [0.1, 0.15) is 10.4 Å². The first kappa shape index (κ1) is 18.2. The molecule has 2 heterocycles. The summed E-state index contributed by atoms with van der Waals surface area (Å²) in [6, 6.07) is 7.26. The first-order valence-corrected chi connectivity index (χ1v) is 7.28. The second kappa shape index (κ2) is 6.94. The Hall–Kier alpha value is -3.63. The van der Waals surface area contributed by atoms with Crippen LogP contribution in [0, 0.1) is 0 Å². The lowest BCUT2D eigenvalue weighted by Gasteiger charge is -2.07. The fourth-order valence-corrected chi connectivity index (χ4v) is 2.11. The van der Waals surface area contributed by atoms with Crippen molar-refractivity contribution in [1.29, 1.82) is 0 Å². The number of amides is 1. The number of hydrogen-bond donors (Lipinski definition) is 1. The molecule has 0 bridgehead atoms. The average Bonchev–Trinajstić information content (AvgIpc) is 3.07. The Kier molecular flexibility index (Phi) is 4.67. The first-order chi connectivity index (χ1) is 12.8. The van der Waals surface area contributed by atoms with Gasteiger partial charge in [0.25, 0.3) is 5.91 Å². The number of oxazole rings is 1. The topological polar surface area (TPSA) is 104 Å². The highest BCUT2D eigenvalue weighted by atomic mass is 19.4. The van der Waals surface area contributed by atoms with Gasteiger partial charge in [-0.15, -0.1) is 0 Å². The molecule has 8 nitrogen and oxygen atoms in total. The molecule has 140 valence electrons. The minimum atomic E-state index is -5.22. The van der Waals surface area contributed by atoms with E-state index >= 15 is 0 Å². The zero-order chi connectivity index (χ0) is 19.6. The lowest BCUT2D eigenvalue weighted by atomic mass is 10.2. The van der Waals surface area contributed by atoms with Crippen LogP contribution < -0.4 is 10.2 Å². The fourth-order valence-electron chi connectivity index (χ4n) is 2.11. The van der Waals surface area contributed by atoms with Gasteiger partial charge in [-0.3, -0.25) is 4.79 Å². The third-order valence-corrected chi connectivity index (χ3v) is 3.31. The number of carbonyl (C=O) groups is 2. The molecule has 0 aliphatic heterocycles. The largest absolute Gasteiger partial charge is 0.493 e. The van der Waals surface area contributed by atoms with E-state index in [9.17, 15) is 22.8 Å². The maximum absolute atomic E-state index is 12.1. The summed E-state index contributed by atoms with van der Waals surface area (Å²) in [5.41, 5.74) is 2.39. The molecule has 2 aromatic heterocycles. The van der Waals surface area contributed by atoms with Crippen LogP contribution in [0.15, 0.2) is 40.9 Å². The average molecular weight is 381 g/mol. The predicted molar refractivity (Wildman–Crippen MR) is 83.4 cm³/mol. The molecular formula is C16H10F3N3O5. The Bertz CT molecular complexity index is 1020. The van der Waals surface area contributed by atoms with E-state index in [0.29, 0.717) is 11.1 Å². The van der Waals surface area contributed by atoms with E-state index < -0.39 is 18.1 Å². The molecule has 0 unspecified atom stereocenters. The number of carbonyl (C=O) groups excluding carboxylic acids is 2. The van der Waals surface area contributed by atoms with Gasteiger partial charge >= 0.3 is 12.1 Å². The number of methoxy groups -OCH3 is 1. The van der Waals surface area contributed by atoms with Crippen LogP contribution in [-0.2, 0) is 9.63 Å². The van der Waals surface area contributed by atoms with Gasteiger partial charge < -0.3 is 14.0 Å². The minimum absolute atomic E-state index is 0.0875. The molecule has 0 radical (unpaired) electrons. The molecule has 11 heteroatoms. The van der Waals surface area contributed by atoms with Gasteiger partial charge in [-0.05, 0) is 30.3 Å². The Morgan fingerprint density at radius 3 is 2.70 bits per heavy atom. The summed E-state index contributed by atoms with van der Waals surface area (Å²) in [5.74, 6) is -3.14. The number of rotatable bonds is 3. The summed E-state index contributed by atoms with van der Waals surface area (Å²) < 4.78 is 46.9. The molecule has 0 saturated carbocycles. The molecule has 27 heavy (non-hydrogen) atoms. The maximum Gasteiger partial charge on any atom is 0.493 e. The van der Waals surface area contributed by atoms with Crippen molar-refractivity contribution < 1.29 is 36.8 Å². The summed E-state index contributed by atoms with van der Waals surface area (Å²) in [6.07, 6.45) is -3.70. The monoisotopic (exact) mass is 381 g/mol. The number of ether oxygens (including phenoxy) is 1. The van der Waals surface area contributed by atoms with E-state index in [2.05, 4.69) is 14.8 Å². The van der Waals surface area contributed by atoms with Crippen molar-refractivity contribution in [2.45, 2.75) is 6.18 Å². The van der Waals surface area contributed by atoms with Crippen molar-refractivity contribution in [2.75, 3.05) is 7.11 Å². The van der Waals surface area contributed by atoms with E-state index in [1.54, 1.807) is 12.1 Å². The quantitative estimate of drug-likeness (QED) is 0.696. The Balaban J connectivity index is 1.84. The first-order valence-electron chi connectivity index (χ1n) is 7.28. The number of benzene rings is 1. The van der Waals surface area contributed by atoms with Crippen molar-refractivity contribution >= 4 is 23.0 Å². The summed E-state index contributed by atoms with van der Waals surface area (Å²) in [7, 11) is 1.43.